The molecule has 1 spiro atoms. The number of hydrogen-bond acceptors (Lipinski definition) is 4. The van der Waals surface area contributed by atoms with Crippen LogP contribution in [-0.2, 0) is 4.74 Å². The van der Waals surface area contributed by atoms with Crippen molar-refractivity contribution in [1.29, 1.82) is 0 Å². The Bertz CT molecular complexity index is 226. The molecular weight excluding hydrogens is 234 g/mol. The molecule has 1 saturated heterocycles. The van der Waals surface area contributed by atoms with Crippen molar-refractivity contribution < 1.29 is 9.84 Å². The van der Waals surface area contributed by atoms with Crippen molar-refractivity contribution in [3.8, 4) is 0 Å². The van der Waals surface area contributed by atoms with Gasteiger partial charge in [0.2, 0.25) is 0 Å². The van der Waals surface area contributed by atoms with Crippen LogP contribution < -0.4 is 0 Å². The van der Waals surface area contributed by atoms with E-state index in [9.17, 15) is 5.11 Å². The molecule has 17 heavy (non-hydrogen) atoms. The van der Waals surface area contributed by atoms with Gasteiger partial charge in [0.15, 0.2) is 0 Å². The molecular formula is C13H25NO2S. The second kappa shape index (κ2) is 6.41. The van der Waals surface area contributed by atoms with Crippen LogP contribution in [0.5, 0.6) is 0 Å². The molecule has 1 aliphatic carbocycles. The fourth-order valence-corrected chi connectivity index (χ4v) is 4.75. The van der Waals surface area contributed by atoms with E-state index in [0.29, 0.717) is 11.4 Å². The fourth-order valence-electron chi connectivity index (χ4n) is 3.12. The summed E-state index contributed by atoms with van der Waals surface area (Å²) in [5.74, 6) is 1.22. The Labute approximate surface area is 109 Å². The van der Waals surface area contributed by atoms with E-state index < -0.39 is 0 Å². The van der Waals surface area contributed by atoms with Gasteiger partial charge in [0.1, 0.15) is 0 Å². The van der Waals surface area contributed by atoms with Crippen LogP contribution in [-0.4, -0.2) is 60.0 Å². The first kappa shape index (κ1) is 13.7. The summed E-state index contributed by atoms with van der Waals surface area (Å²) in [4.78, 5) is 2.44. The molecule has 0 aromatic rings. The lowest BCUT2D eigenvalue weighted by Gasteiger charge is -2.45. The van der Waals surface area contributed by atoms with Crippen LogP contribution in [0.4, 0.5) is 0 Å². The van der Waals surface area contributed by atoms with Crippen molar-refractivity contribution in [2.75, 3.05) is 39.1 Å². The highest BCUT2D eigenvalue weighted by Crippen LogP contribution is 2.42. The second-order valence-electron chi connectivity index (χ2n) is 5.44. The summed E-state index contributed by atoms with van der Waals surface area (Å²) in [7, 11) is 1.65. The van der Waals surface area contributed by atoms with Gasteiger partial charge in [0, 0.05) is 37.2 Å². The third kappa shape index (κ3) is 3.85. The van der Waals surface area contributed by atoms with Crippen LogP contribution in [0.15, 0.2) is 0 Å². The molecule has 1 heterocycles. The van der Waals surface area contributed by atoms with Crippen LogP contribution in [0.1, 0.15) is 32.1 Å². The van der Waals surface area contributed by atoms with Crippen LogP contribution in [0.25, 0.3) is 0 Å². The van der Waals surface area contributed by atoms with Gasteiger partial charge in [-0.2, -0.15) is 11.8 Å². The lowest BCUT2D eigenvalue weighted by atomic mass is 9.87. The van der Waals surface area contributed by atoms with Crippen molar-refractivity contribution in [3.63, 3.8) is 0 Å². The number of β-amino-alcohol motifs (C(OH)–C–C–N with tert-alkyl or cyclic N) is 1. The Morgan fingerprint density at radius 1 is 1.35 bits per heavy atom. The van der Waals surface area contributed by atoms with E-state index in [2.05, 4.69) is 16.7 Å². The average Bonchev–Trinajstić information content (AvgIpc) is 2.30. The SMILES string of the molecule is COCC(O)CN1CCSC2(CCCCC2)C1. The maximum atomic E-state index is 9.81. The molecule has 0 radical (unpaired) electrons. The van der Waals surface area contributed by atoms with E-state index in [1.54, 1.807) is 7.11 Å². The van der Waals surface area contributed by atoms with E-state index >= 15 is 0 Å². The zero-order valence-corrected chi connectivity index (χ0v) is 11.7. The summed E-state index contributed by atoms with van der Waals surface area (Å²) in [6.45, 7) is 3.51. The van der Waals surface area contributed by atoms with Crippen LogP contribution in [0.3, 0.4) is 0 Å². The molecule has 0 aromatic heterocycles. The molecule has 2 rings (SSSR count). The smallest absolute Gasteiger partial charge is 0.0900 e. The van der Waals surface area contributed by atoms with Gasteiger partial charge < -0.3 is 9.84 Å². The summed E-state index contributed by atoms with van der Waals surface area (Å²) in [6.07, 6.45) is 6.60. The van der Waals surface area contributed by atoms with E-state index in [-0.39, 0.29) is 6.10 Å². The lowest BCUT2D eigenvalue weighted by Crippen LogP contribution is -2.50. The molecule has 1 aliphatic heterocycles. The van der Waals surface area contributed by atoms with Gasteiger partial charge in [-0.3, -0.25) is 4.90 Å². The lowest BCUT2D eigenvalue weighted by molar-refractivity contribution is 0.0346. The fraction of sp³-hybridized carbons (Fsp3) is 1.00. The predicted octanol–water partition coefficient (Wildman–Crippen LogP) is 1.75. The first-order valence-corrected chi connectivity index (χ1v) is 7.76. The molecule has 1 saturated carbocycles. The maximum absolute atomic E-state index is 9.81. The summed E-state index contributed by atoms with van der Waals surface area (Å²) >= 11 is 2.18. The Kier molecular flexibility index (Phi) is 5.15. The standard InChI is InChI=1S/C13H25NO2S/c1-16-10-12(15)9-14-7-8-17-13(11-14)5-3-2-4-6-13/h12,15H,2-11H2,1H3. The highest BCUT2D eigenvalue weighted by atomic mass is 32.2. The number of nitrogens with zero attached hydrogens (tertiary/aromatic N) is 1. The molecule has 1 N–H and O–H groups in total. The Balaban J connectivity index is 1.83. The molecule has 3 nitrogen and oxygen atoms in total. The van der Waals surface area contributed by atoms with Gasteiger partial charge in [-0.05, 0) is 12.8 Å². The molecule has 2 fully saturated rings. The van der Waals surface area contributed by atoms with Gasteiger partial charge in [-0.1, -0.05) is 19.3 Å². The van der Waals surface area contributed by atoms with Crippen molar-refractivity contribution in [2.24, 2.45) is 0 Å². The third-order valence-electron chi connectivity index (χ3n) is 3.92. The number of hydrogen-bond donors (Lipinski definition) is 1. The number of ether oxygens (including phenoxy) is 1. The number of methoxy groups -OCH3 is 1. The van der Waals surface area contributed by atoms with Gasteiger partial charge in [0.25, 0.3) is 0 Å². The monoisotopic (exact) mass is 259 g/mol. The van der Waals surface area contributed by atoms with Gasteiger partial charge in [-0.15, -0.1) is 0 Å². The van der Waals surface area contributed by atoms with E-state index in [1.807, 2.05) is 0 Å². The minimum Gasteiger partial charge on any atom is -0.389 e. The summed E-state index contributed by atoms with van der Waals surface area (Å²) < 4.78 is 5.50. The van der Waals surface area contributed by atoms with Gasteiger partial charge >= 0.3 is 0 Å². The van der Waals surface area contributed by atoms with Gasteiger partial charge in [0.05, 0.1) is 12.7 Å². The normalized spacial score (nSPS) is 27.2. The molecule has 4 heteroatoms. The summed E-state index contributed by atoms with van der Waals surface area (Å²) in [6, 6.07) is 0. The predicted molar refractivity (Wildman–Crippen MR) is 72.6 cm³/mol. The highest BCUT2D eigenvalue weighted by molar-refractivity contribution is 8.00. The van der Waals surface area contributed by atoms with E-state index in [1.165, 1.54) is 44.4 Å². The zero-order valence-electron chi connectivity index (χ0n) is 10.9. The topological polar surface area (TPSA) is 32.7 Å². The van der Waals surface area contributed by atoms with E-state index in [4.69, 9.17) is 4.74 Å². The summed E-state index contributed by atoms with van der Waals surface area (Å²) in [5.41, 5.74) is 0. The zero-order chi connectivity index (χ0) is 12.1. The maximum Gasteiger partial charge on any atom is 0.0900 e. The van der Waals surface area contributed by atoms with Crippen molar-refractivity contribution in [3.05, 3.63) is 0 Å². The number of aliphatic hydroxyl groups excluding tert-OH is 1. The molecule has 100 valence electrons. The first-order valence-electron chi connectivity index (χ1n) is 6.77. The Hall–Kier alpha value is 0.230. The van der Waals surface area contributed by atoms with Crippen molar-refractivity contribution in [1.82, 2.24) is 4.90 Å². The Morgan fingerprint density at radius 3 is 2.82 bits per heavy atom. The molecule has 0 bridgehead atoms. The van der Waals surface area contributed by atoms with Crippen molar-refractivity contribution in [2.45, 2.75) is 43.0 Å². The highest BCUT2D eigenvalue weighted by Gasteiger charge is 2.37. The van der Waals surface area contributed by atoms with Crippen LogP contribution >= 0.6 is 11.8 Å². The molecule has 2 aliphatic rings. The molecule has 1 unspecified atom stereocenters. The summed E-state index contributed by atoms with van der Waals surface area (Å²) in [5, 5.41) is 9.81. The molecule has 0 amide bonds. The average molecular weight is 259 g/mol. The minimum atomic E-state index is -0.330. The molecule has 0 aromatic carbocycles. The van der Waals surface area contributed by atoms with Crippen molar-refractivity contribution >= 4 is 11.8 Å². The molecule has 1 atom stereocenters. The second-order valence-corrected chi connectivity index (χ2v) is 7.00. The van der Waals surface area contributed by atoms with Gasteiger partial charge in [-0.25, -0.2) is 0 Å². The van der Waals surface area contributed by atoms with Crippen LogP contribution in [0.2, 0.25) is 0 Å². The largest absolute Gasteiger partial charge is 0.389 e. The van der Waals surface area contributed by atoms with Crippen LogP contribution in [0, 0.1) is 0 Å². The number of rotatable bonds is 4. The first-order chi connectivity index (χ1) is 8.24. The minimum absolute atomic E-state index is 0.330. The van der Waals surface area contributed by atoms with E-state index in [0.717, 1.165) is 13.1 Å². The Morgan fingerprint density at radius 2 is 2.12 bits per heavy atom. The number of thioether (sulfide) groups is 1. The third-order valence-corrected chi connectivity index (χ3v) is 5.46. The number of aliphatic hydroxyl groups is 1. The quantitative estimate of drug-likeness (QED) is 0.834.